The lowest BCUT2D eigenvalue weighted by Gasteiger charge is -2.16. The minimum atomic E-state index is -4.43. The van der Waals surface area contributed by atoms with E-state index in [4.69, 9.17) is 0 Å². The van der Waals surface area contributed by atoms with E-state index in [1.807, 2.05) is 42.5 Å². The number of aliphatic hydroxyl groups excluding tert-OH is 1. The van der Waals surface area contributed by atoms with E-state index in [1.165, 1.54) is 12.1 Å². The molecule has 3 aromatic rings. The van der Waals surface area contributed by atoms with E-state index in [0.29, 0.717) is 5.56 Å². The maximum absolute atomic E-state index is 12.6. The van der Waals surface area contributed by atoms with Gasteiger partial charge in [0, 0.05) is 6.54 Å². The lowest BCUT2D eigenvalue weighted by molar-refractivity contribution is -0.137. The van der Waals surface area contributed by atoms with Gasteiger partial charge in [0.15, 0.2) is 0 Å². The molecule has 0 aliphatic rings. The molecule has 2 amide bonds. The van der Waals surface area contributed by atoms with Crippen molar-refractivity contribution in [2.45, 2.75) is 25.2 Å². The summed E-state index contributed by atoms with van der Waals surface area (Å²) in [6, 6.07) is 16.5. The van der Waals surface area contributed by atoms with Crippen LogP contribution in [0.4, 0.5) is 13.2 Å². The van der Waals surface area contributed by atoms with E-state index in [-0.39, 0.29) is 13.0 Å². The van der Waals surface area contributed by atoms with Gasteiger partial charge in [0.1, 0.15) is 6.04 Å². The van der Waals surface area contributed by atoms with Gasteiger partial charge in [-0.3, -0.25) is 9.59 Å². The topological polar surface area (TPSA) is 78.4 Å². The van der Waals surface area contributed by atoms with Crippen molar-refractivity contribution in [3.63, 3.8) is 0 Å². The number of hydrogen-bond acceptors (Lipinski definition) is 3. The molecule has 0 radical (unpaired) electrons. The summed E-state index contributed by atoms with van der Waals surface area (Å²) in [5.41, 5.74) is 0.440. The van der Waals surface area contributed by atoms with Crippen molar-refractivity contribution in [2.24, 2.45) is 0 Å². The maximum Gasteiger partial charge on any atom is 0.416 e. The Morgan fingerprint density at radius 2 is 1.55 bits per heavy atom. The zero-order chi connectivity index (χ0) is 22.4. The predicted molar refractivity (Wildman–Crippen MR) is 110 cm³/mol. The summed E-state index contributed by atoms with van der Waals surface area (Å²) in [6.07, 6.45) is -4.40. The van der Waals surface area contributed by atoms with Gasteiger partial charge in [-0.25, -0.2) is 0 Å². The number of fused-ring (bicyclic) bond motifs is 1. The van der Waals surface area contributed by atoms with Gasteiger partial charge in [0.05, 0.1) is 18.6 Å². The number of halogens is 3. The minimum absolute atomic E-state index is 0.0337. The monoisotopic (exact) mass is 430 g/mol. The second kappa shape index (κ2) is 9.61. The van der Waals surface area contributed by atoms with Gasteiger partial charge in [-0.15, -0.1) is 0 Å². The Kier molecular flexibility index (Phi) is 6.91. The molecule has 0 bridgehead atoms. The van der Waals surface area contributed by atoms with Gasteiger partial charge in [-0.2, -0.15) is 13.2 Å². The largest absolute Gasteiger partial charge is 0.416 e. The Morgan fingerprint density at radius 1 is 0.903 bits per heavy atom. The van der Waals surface area contributed by atoms with E-state index >= 15 is 0 Å². The molecule has 0 fully saturated rings. The number of rotatable bonds is 7. The lowest BCUT2D eigenvalue weighted by Crippen LogP contribution is -2.49. The third-order valence-corrected chi connectivity index (χ3v) is 4.76. The van der Waals surface area contributed by atoms with Gasteiger partial charge >= 0.3 is 6.18 Å². The molecule has 8 heteroatoms. The van der Waals surface area contributed by atoms with Crippen LogP contribution in [0.15, 0.2) is 66.7 Å². The van der Waals surface area contributed by atoms with Gasteiger partial charge in [0.25, 0.3) is 0 Å². The number of aliphatic hydroxyl groups is 1. The number of carbonyl (C=O) groups excluding carboxylic acids is 2. The normalized spacial score (nSPS) is 12.4. The standard InChI is InChI=1S/C23H21F3N2O3/c24-23(25,26)19-9-6-15(7-10-19)13-27-22(31)20(14-29)28-21(30)12-16-5-8-17-3-1-2-4-18(17)11-16/h1-11,20,29H,12-14H2,(H,27,31)(H,28,30). The van der Waals surface area contributed by atoms with E-state index < -0.39 is 36.2 Å². The molecule has 3 N–H and O–H groups in total. The molecule has 0 saturated heterocycles. The number of nitrogens with one attached hydrogen (secondary N) is 2. The SMILES string of the molecule is O=C(Cc1ccc2ccccc2c1)NC(CO)C(=O)NCc1ccc(C(F)(F)F)cc1. The van der Waals surface area contributed by atoms with Crippen LogP contribution in [0, 0.1) is 0 Å². The summed E-state index contributed by atoms with van der Waals surface area (Å²) < 4.78 is 37.8. The highest BCUT2D eigenvalue weighted by Crippen LogP contribution is 2.29. The highest BCUT2D eigenvalue weighted by molar-refractivity contribution is 5.89. The first-order valence-electron chi connectivity index (χ1n) is 9.58. The number of carbonyl (C=O) groups is 2. The van der Waals surface area contributed by atoms with Crippen LogP contribution < -0.4 is 10.6 Å². The smallest absolute Gasteiger partial charge is 0.394 e. The Balaban J connectivity index is 1.54. The molecule has 0 saturated carbocycles. The van der Waals surface area contributed by atoms with Crippen molar-refractivity contribution in [2.75, 3.05) is 6.61 Å². The van der Waals surface area contributed by atoms with Crippen LogP contribution in [-0.2, 0) is 28.7 Å². The molecule has 3 rings (SSSR count). The molecule has 0 aliphatic heterocycles. The second-order valence-electron chi connectivity index (χ2n) is 7.07. The molecule has 0 aromatic heterocycles. The first kappa shape index (κ1) is 22.3. The molecule has 0 aliphatic carbocycles. The van der Waals surface area contributed by atoms with Gasteiger partial charge < -0.3 is 15.7 Å². The summed E-state index contributed by atoms with van der Waals surface area (Å²) >= 11 is 0. The van der Waals surface area contributed by atoms with Crippen LogP contribution in [0.2, 0.25) is 0 Å². The molecule has 5 nitrogen and oxygen atoms in total. The fourth-order valence-corrected chi connectivity index (χ4v) is 3.10. The Bertz CT molecular complexity index is 1070. The van der Waals surface area contributed by atoms with Crippen molar-refractivity contribution in [3.05, 3.63) is 83.4 Å². The molecule has 0 heterocycles. The van der Waals surface area contributed by atoms with Crippen molar-refractivity contribution in [1.29, 1.82) is 0 Å². The van der Waals surface area contributed by atoms with Crippen LogP contribution in [0.5, 0.6) is 0 Å². The quantitative estimate of drug-likeness (QED) is 0.539. The first-order chi connectivity index (χ1) is 14.8. The Morgan fingerprint density at radius 3 is 2.19 bits per heavy atom. The second-order valence-corrected chi connectivity index (χ2v) is 7.07. The third-order valence-electron chi connectivity index (χ3n) is 4.76. The van der Waals surface area contributed by atoms with Crippen molar-refractivity contribution in [1.82, 2.24) is 10.6 Å². The fraction of sp³-hybridized carbons (Fsp3) is 0.217. The van der Waals surface area contributed by atoms with E-state index in [9.17, 15) is 27.9 Å². The number of hydrogen-bond donors (Lipinski definition) is 3. The zero-order valence-corrected chi connectivity index (χ0v) is 16.4. The summed E-state index contributed by atoms with van der Waals surface area (Å²) in [6.45, 7) is -0.643. The summed E-state index contributed by atoms with van der Waals surface area (Å²) in [5, 5.41) is 16.5. The maximum atomic E-state index is 12.6. The van der Waals surface area contributed by atoms with Crippen molar-refractivity contribution < 1.29 is 27.9 Å². The molecule has 0 spiro atoms. The third kappa shape index (κ3) is 6.05. The van der Waals surface area contributed by atoms with Crippen LogP contribution in [0.3, 0.4) is 0 Å². The van der Waals surface area contributed by atoms with Crippen LogP contribution in [0.1, 0.15) is 16.7 Å². The molecule has 1 unspecified atom stereocenters. The lowest BCUT2D eigenvalue weighted by atomic mass is 10.0. The van der Waals surface area contributed by atoms with Gasteiger partial charge in [-0.1, -0.05) is 54.6 Å². The van der Waals surface area contributed by atoms with Gasteiger partial charge in [0.2, 0.25) is 11.8 Å². The minimum Gasteiger partial charge on any atom is -0.394 e. The zero-order valence-electron chi connectivity index (χ0n) is 16.4. The summed E-state index contributed by atoms with van der Waals surface area (Å²) in [5.74, 6) is -1.06. The average molecular weight is 430 g/mol. The molecule has 3 aromatic carbocycles. The number of alkyl halides is 3. The Hall–Kier alpha value is -3.39. The highest BCUT2D eigenvalue weighted by Gasteiger charge is 2.30. The van der Waals surface area contributed by atoms with Crippen molar-refractivity contribution >= 4 is 22.6 Å². The number of amides is 2. The molecule has 162 valence electrons. The molecular formula is C23H21F3N2O3. The molecule has 1 atom stereocenters. The molecule has 31 heavy (non-hydrogen) atoms. The predicted octanol–water partition coefficient (Wildman–Crippen LogP) is 3.19. The first-order valence-corrected chi connectivity index (χ1v) is 9.58. The fourth-order valence-electron chi connectivity index (χ4n) is 3.10. The average Bonchev–Trinajstić information content (AvgIpc) is 2.75. The van der Waals surface area contributed by atoms with Crippen LogP contribution in [0.25, 0.3) is 10.8 Å². The summed E-state index contributed by atoms with van der Waals surface area (Å²) in [7, 11) is 0. The highest BCUT2D eigenvalue weighted by atomic mass is 19.4. The van der Waals surface area contributed by atoms with E-state index in [1.54, 1.807) is 0 Å². The van der Waals surface area contributed by atoms with Crippen molar-refractivity contribution in [3.8, 4) is 0 Å². The van der Waals surface area contributed by atoms with Crippen LogP contribution in [-0.4, -0.2) is 29.6 Å². The van der Waals surface area contributed by atoms with E-state index in [0.717, 1.165) is 28.5 Å². The number of benzene rings is 3. The van der Waals surface area contributed by atoms with Crippen LogP contribution >= 0.6 is 0 Å². The summed E-state index contributed by atoms with van der Waals surface area (Å²) in [4.78, 5) is 24.6. The Labute approximate surface area is 176 Å². The van der Waals surface area contributed by atoms with E-state index in [2.05, 4.69) is 10.6 Å². The van der Waals surface area contributed by atoms with Gasteiger partial charge in [-0.05, 0) is 34.0 Å². The molecular weight excluding hydrogens is 409 g/mol.